The lowest BCUT2D eigenvalue weighted by molar-refractivity contribution is -0.131. The van der Waals surface area contributed by atoms with Gasteiger partial charge in [0.05, 0.1) is 6.04 Å². The molecule has 2 unspecified atom stereocenters. The molecule has 2 atom stereocenters. The second kappa shape index (κ2) is 7.87. The maximum atomic E-state index is 12.1. The monoisotopic (exact) mass is 316 g/mol. The van der Waals surface area contributed by atoms with Crippen molar-refractivity contribution in [3.63, 3.8) is 0 Å². The van der Waals surface area contributed by atoms with Crippen LogP contribution >= 0.6 is 23.2 Å². The van der Waals surface area contributed by atoms with Gasteiger partial charge in [-0.2, -0.15) is 0 Å². The van der Waals surface area contributed by atoms with E-state index in [9.17, 15) is 4.79 Å². The molecule has 5 heteroatoms. The van der Waals surface area contributed by atoms with Crippen LogP contribution in [-0.2, 0) is 4.79 Å². The maximum Gasteiger partial charge on any atom is 0.239 e. The van der Waals surface area contributed by atoms with Gasteiger partial charge in [-0.25, -0.2) is 0 Å². The minimum absolute atomic E-state index is 0.0315. The van der Waals surface area contributed by atoms with Crippen LogP contribution in [0.25, 0.3) is 0 Å². The number of likely N-dealkylation sites (N-methyl/N-ethyl adjacent to an activating group) is 1. The van der Waals surface area contributed by atoms with Gasteiger partial charge in [0.1, 0.15) is 0 Å². The Bertz CT molecular complexity index is 465. The van der Waals surface area contributed by atoms with Gasteiger partial charge in [0.2, 0.25) is 5.91 Å². The molecular weight excluding hydrogens is 295 g/mol. The summed E-state index contributed by atoms with van der Waals surface area (Å²) in [7, 11) is 1.80. The molecule has 1 aromatic rings. The Morgan fingerprint density at radius 2 is 2.00 bits per heavy atom. The number of carbonyl (C=O) groups excluding carboxylic acids is 1. The summed E-state index contributed by atoms with van der Waals surface area (Å²) in [6, 6.07) is 5.23. The van der Waals surface area contributed by atoms with E-state index in [-0.39, 0.29) is 18.0 Å². The molecule has 0 saturated carbocycles. The van der Waals surface area contributed by atoms with Crippen molar-refractivity contribution in [2.75, 3.05) is 13.6 Å². The third kappa shape index (κ3) is 4.37. The molecule has 0 spiro atoms. The van der Waals surface area contributed by atoms with Crippen molar-refractivity contribution in [2.45, 2.75) is 39.3 Å². The highest BCUT2D eigenvalue weighted by Crippen LogP contribution is 2.28. The van der Waals surface area contributed by atoms with Crippen molar-refractivity contribution >= 4 is 29.1 Å². The smallest absolute Gasteiger partial charge is 0.239 e. The van der Waals surface area contributed by atoms with Crippen LogP contribution in [0.2, 0.25) is 10.0 Å². The molecule has 1 rings (SSSR count). The van der Waals surface area contributed by atoms with Gasteiger partial charge >= 0.3 is 0 Å². The molecule has 1 N–H and O–H groups in total. The summed E-state index contributed by atoms with van der Waals surface area (Å²) in [5.74, 6) is 0.0797. The van der Waals surface area contributed by atoms with Gasteiger partial charge in [0, 0.05) is 29.7 Å². The van der Waals surface area contributed by atoms with E-state index in [0.29, 0.717) is 16.6 Å². The van der Waals surface area contributed by atoms with Gasteiger partial charge in [-0.05, 0) is 38.0 Å². The lowest BCUT2D eigenvalue weighted by Gasteiger charge is -2.26. The van der Waals surface area contributed by atoms with Crippen LogP contribution in [-0.4, -0.2) is 30.4 Å². The maximum absolute atomic E-state index is 12.1. The predicted molar refractivity (Wildman–Crippen MR) is 85.4 cm³/mol. The normalized spacial score (nSPS) is 13.9. The van der Waals surface area contributed by atoms with Crippen LogP contribution in [0.5, 0.6) is 0 Å². The number of hydrogen-bond donors (Lipinski definition) is 1. The second-order valence-corrected chi connectivity index (χ2v) is 5.71. The zero-order valence-electron chi connectivity index (χ0n) is 12.4. The largest absolute Gasteiger partial charge is 0.345 e. The Labute approximate surface area is 131 Å². The Hall–Kier alpha value is -0.770. The van der Waals surface area contributed by atoms with Crippen molar-refractivity contribution in [1.29, 1.82) is 0 Å². The quantitative estimate of drug-likeness (QED) is 0.863. The molecule has 0 heterocycles. The van der Waals surface area contributed by atoms with Gasteiger partial charge in [-0.15, -0.1) is 0 Å². The summed E-state index contributed by atoms with van der Waals surface area (Å²) in [6.45, 7) is 6.59. The minimum atomic E-state index is -0.253. The van der Waals surface area contributed by atoms with Crippen molar-refractivity contribution in [1.82, 2.24) is 10.2 Å². The van der Waals surface area contributed by atoms with Crippen LogP contribution in [0, 0.1) is 0 Å². The Balaban J connectivity index is 2.84. The minimum Gasteiger partial charge on any atom is -0.345 e. The molecule has 0 radical (unpaired) electrons. The van der Waals surface area contributed by atoms with Crippen LogP contribution in [0.3, 0.4) is 0 Å². The number of hydrogen-bond acceptors (Lipinski definition) is 2. The van der Waals surface area contributed by atoms with Crippen molar-refractivity contribution in [3.05, 3.63) is 33.8 Å². The summed E-state index contributed by atoms with van der Waals surface area (Å²) in [4.78, 5) is 13.8. The Morgan fingerprint density at radius 1 is 1.35 bits per heavy atom. The Kier molecular flexibility index (Phi) is 6.80. The van der Waals surface area contributed by atoms with Gasteiger partial charge in [0.15, 0.2) is 0 Å². The number of nitrogens with one attached hydrogen (secondary N) is 1. The van der Waals surface area contributed by atoms with Gasteiger partial charge in [-0.1, -0.05) is 36.2 Å². The molecule has 3 nitrogen and oxygen atoms in total. The van der Waals surface area contributed by atoms with Crippen LogP contribution < -0.4 is 5.32 Å². The first-order chi connectivity index (χ1) is 9.40. The molecule has 0 saturated heterocycles. The zero-order chi connectivity index (χ0) is 15.3. The first-order valence-corrected chi connectivity index (χ1v) is 7.62. The van der Waals surface area contributed by atoms with Gasteiger partial charge in [0.25, 0.3) is 0 Å². The van der Waals surface area contributed by atoms with E-state index in [1.165, 1.54) is 0 Å². The van der Waals surface area contributed by atoms with Crippen LogP contribution in [0.1, 0.15) is 38.8 Å². The SMILES string of the molecule is CCC(NC(C)C(=O)N(C)CC)c1ccc(Cl)cc1Cl. The molecule has 112 valence electrons. The highest BCUT2D eigenvalue weighted by molar-refractivity contribution is 6.35. The number of rotatable bonds is 6. The van der Waals surface area contributed by atoms with E-state index in [1.54, 1.807) is 18.0 Å². The van der Waals surface area contributed by atoms with Crippen molar-refractivity contribution < 1.29 is 4.79 Å². The lowest BCUT2D eigenvalue weighted by atomic mass is 10.0. The summed E-state index contributed by atoms with van der Waals surface area (Å²) < 4.78 is 0. The summed E-state index contributed by atoms with van der Waals surface area (Å²) in [5, 5.41) is 4.58. The molecule has 0 fully saturated rings. The average Bonchev–Trinajstić information content (AvgIpc) is 2.43. The predicted octanol–water partition coefficient (Wildman–Crippen LogP) is 3.90. The lowest BCUT2D eigenvalue weighted by Crippen LogP contribution is -2.44. The first kappa shape index (κ1) is 17.3. The van der Waals surface area contributed by atoms with Gasteiger partial charge in [-0.3, -0.25) is 10.1 Å². The number of halogens is 2. The fraction of sp³-hybridized carbons (Fsp3) is 0.533. The molecule has 0 aromatic heterocycles. The van der Waals surface area contributed by atoms with Crippen molar-refractivity contribution in [2.24, 2.45) is 0 Å². The first-order valence-electron chi connectivity index (χ1n) is 6.86. The zero-order valence-corrected chi connectivity index (χ0v) is 13.9. The molecular formula is C15H22Cl2N2O. The summed E-state index contributed by atoms with van der Waals surface area (Å²) in [5.41, 5.74) is 0.970. The highest BCUT2D eigenvalue weighted by Gasteiger charge is 2.21. The molecule has 1 amide bonds. The number of benzene rings is 1. The number of amides is 1. The third-order valence-electron chi connectivity index (χ3n) is 3.42. The molecule has 20 heavy (non-hydrogen) atoms. The summed E-state index contributed by atoms with van der Waals surface area (Å²) in [6.07, 6.45) is 0.842. The van der Waals surface area contributed by atoms with Crippen molar-refractivity contribution in [3.8, 4) is 0 Å². The van der Waals surface area contributed by atoms with Crippen LogP contribution in [0.15, 0.2) is 18.2 Å². The number of carbonyl (C=O) groups is 1. The van der Waals surface area contributed by atoms with E-state index < -0.39 is 0 Å². The van der Waals surface area contributed by atoms with E-state index in [2.05, 4.69) is 12.2 Å². The summed E-state index contributed by atoms with van der Waals surface area (Å²) >= 11 is 12.2. The fourth-order valence-electron chi connectivity index (χ4n) is 2.07. The van der Waals surface area contributed by atoms with Crippen LogP contribution in [0.4, 0.5) is 0 Å². The molecule has 1 aromatic carbocycles. The fourth-order valence-corrected chi connectivity index (χ4v) is 2.61. The topological polar surface area (TPSA) is 32.3 Å². The van der Waals surface area contributed by atoms with E-state index >= 15 is 0 Å². The molecule has 0 aliphatic carbocycles. The molecule has 0 aliphatic rings. The Morgan fingerprint density at radius 3 is 2.50 bits per heavy atom. The van der Waals surface area contributed by atoms with E-state index in [1.807, 2.05) is 26.0 Å². The molecule has 0 aliphatic heterocycles. The average molecular weight is 317 g/mol. The van der Waals surface area contributed by atoms with Gasteiger partial charge < -0.3 is 4.90 Å². The third-order valence-corrected chi connectivity index (χ3v) is 3.98. The highest BCUT2D eigenvalue weighted by atomic mass is 35.5. The standard InChI is InChI=1S/C15H22Cl2N2O/c1-5-14(12-8-7-11(16)9-13(12)17)18-10(3)15(20)19(4)6-2/h7-10,14,18H,5-6H2,1-4H3. The second-order valence-electron chi connectivity index (χ2n) is 4.87. The van der Waals surface area contributed by atoms with E-state index in [0.717, 1.165) is 12.0 Å². The number of nitrogens with zero attached hydrogens (tertiary/aromatic N) is 1. The molecule has 0 bridgehead atoms. The van der Waals surface area contributed by atoms with E-state index in [4.69, 9.17) is 23.2 Å².